The number of hydrogen-bond donors (Lipinski definition) is 0. The largest absolute Gasteiger partial charge is 0.298 e. The lowest BCUT2D eigenvalue weighted by atomic mass is 9.69. The van der Waals surface area contributed by atoms with Gasteiger partial charge >= 0.3 is 0 Å². The van der Waals surface area contributed by atoms with Gasteiger partial charge in [0.1, 0.15) is 0 Å². The predicted molar refractivity (Wildman–Crippen MR) is 83.4 cm³/mol. The van der Waals surface area contributed by atoms with Crippen molar-refractivity contribution in [3.8, 4) is 0 Å². The molecule has 0 spiro atoms. The zero-order valence-electron chi connectivity index (χ0n) is 12.4. The Balaban J connectivity index is 2.38. The molecule has 1 aromatic heterocycles. The van der Waals surface area contributed by atoms with Crippen LogP contribution in [-0.4, -0.2) is 28.4 Å². The summed E-state index contributed by atoms with van der Waals surface area (Å²) in [4.78, 5) is 55.3. The van der Waals surface area contributed by atoms with Crippen molar-refractivity contribution >= 4 is 39.8 Å². The number of anilines is 1. The lowest BCUT2D eigenvalue weighted by molar-refractivity contribution is -0.141. The van der Waals surface area contributed by atoms with Crippen LogP contribution in [0, 0.1) is 0 Å². The van der Waals surface area contributed by atoms with Gasteiger partial charge in [0.05, 0.1) is 0 Å². The van der Waals surface area contributed by atoms with Crippen LogP contribution in [-0.2, 0) is 19.8 Å². The van der Waals surface area contributed by atoms with Crippen molar-refractivity contribution in [3.63, 3.8) is 0 Å². The summed E-state index contributed by atoms with van der Waals surface area (Å²) in [5.74, 6) is -2.68. The Morgan fingerprint density at radius 2 is 1.78 bits per heavy atom. The number of hydrogen-bond acceptors (Lipinski definition) is 6. The molecule has 0 N–H and O–H groups in total. The third-order valence-electron chi connectivity index (χ3n) is 3.96. The van der Waals surface area contributed by atoms with Gasteiger partial charge in [0.2, 0.25) is 0 Å². The van der Waals surface area contributed by atoms with Gasteiger partial charge in [-0.1, -0.05) is 18.2 Å². The highest BCUT2D eigenvalue weighted by atomic mass is 32.1. The summed E-state index contributed by atoms with van der Waals surface area (Å²) in [6.07, 6.45) is 1.45. The molecule has 0 saturated heterocycles. The number of carbonyl (C=O) groups is 4. The maximum absolute atomic E-state index is 13.0. The van der Waals surface area contributed by atoms with Crippen LogP contribution >= 0.6 is 11.3 Å². The molecule has 2 heterocycles. The molecule has 2 aromatic rings. The van der Waals surface area contributed by atoms with E-state index in [1.54, 1.807) is 17.5 Å². The van der Waals surface area contributed by atoms with Crippen LogP contribution in [0.2, 0.25) is 0 Å². The van der Waals surface area contributed by atoms with Gasteiger partial charge in [0.15, 0.2) is 22.1 Å². The van der Waals surface area contributed by atoms with E-state index in [0.29, 0.717) is 0 Å². The van der Waals surface area contributed by atoms with Gasteiger partial charge < -0.3 is 0 Å². The standard InChI is InChI=1S/C16H12N2O4S/c1-9(19)16(10(2)20)12-6-4-3-5-11(12)13(21)18(14(16)22)15-17-7-8-23-15/h3-8H,1-2H3. The SMILES string of the molecule is CC(=O)C1(C(C)=O)C(=O)N(c2nccs2)C(=O)c2ccccc21. The quantitative estimate of drug-likeness (QED) is 0.633. The van der Waals surface area contributed by atoms with E-state index in [2.05, 4.69) is 4.98 Å². The molecule has 0 saturated carbocycles. The second-order valence-corrected chi connectivity index (χ2v) is 6.04. The topological polar surface area (TPSA) is 84.4 Å². The van der Waals surface area contributed by atoms with E-state index in [-0.39, 0.29) is 16.3 Å². The van der Waals surface area contributed by atoms with E-state index in [4.69, 9.17) is 0 Å². The Kier molecular flexibility index (Phi) is 3.45. The summed E-state index contributed by atoms with van der Waals surface area (Å²) in [5, 5.41) is 1.75. The van der Waals surface area contributed by atoms with Crippen molar-refractivity contribution in [2.75, 3.05) is 4.90 Å². The third kappa shape index (κ3) is 1.90. The molecule has 1 aromatic carbocycles. The van der Waals surface area contributed by atoms with Gasteiger partial charge in [-0.15, -0.1) is 11.3 Å². The van der Waals surface area contributed by atoms with Gasteiger partial charge in [0.25, 0.3) is 11.8 Å². The minimum Gasteiger partial charge on any atom is -0.298 e. The van der Waals surface area contributed by atoms with Crippen molar-refractivity contribution in [2.24, 2.45) is 0 Å². The van der Waals surface area contributed by atoms with E-state index < -0.39 is 28.8 Å². The first kappa shape index (κ1) is 15.2. The Morgan fingerprint density at radius 3 is 2.35 bits per heavy atom. The summed E-state index contributed by atoms with van der Waals surface area (Å²) >= 11 is 1.09. The van der Waals surface area contributed by atoms with Crippen LogP contribution in [0.4, 0.5) is 5.13 Å². The first-order chi connectivity index (χ1) is 10.9. The molecule has 1 aliphatic rings. The van der Waals surface area contributed by atoms with Crippen LogP contribution in [0.25, 0.3) is 0 Å². The molecule has 2 amide bonds. The number of Topliss-reactive ketones (excluding diaryl/α,β-unsaturated/α-hetero) is 2. The molecule has 0 aliphatic carbocycles. The van der Waals surface area contributed by atoms with E-state index in [1.165, 1.54) is 32.2 Å². The summed E-state index contributed by atoms with van der Waals surface area (Å²) in [7, 11) is 0. The maximum atomic E-state index is 13.0. The van der Waals surface area contributed by atoms with Gasteiger partial charge in [-0.05, 0) is 25.5 Å². The van der Waals surface area contributed by atoms with Gasteiger partial charge in [-0.25, -0.2) is 9.88 Å². The molecular formula is C16H12N2O4S. The zero-order chi connectivity index (χ0) is 16.8. The zero-order valence-corrected chi connectivity index (χ0v) is 13.2. The smallest absolute Gasteiger partial charge is 0.267 e. The molecule has 0 fully saturated rings. The highest BCUT2D eigenvalue weighted by Crippen LogP contribution is 2.39. The normalized spacial score (nSPS) is 16.2. The Hall–Kier alpha value is -2.67. The number of rotatable bonds is 3. The number of ketones is 2. The minimum atomic E-state index is -2.00. The molecule has 116 valence electrons. The number of imide groups is 1. The first-order valence-corrected chi connectivity index (χ1v) is 7.70. The fourth-order valence-corrected chi connectivity index (χ4v) is 3.56. The first-order valence-electron chi connectivity index (χ1n) is 6.82. The lowest BCUT2D eigenvalue weighted by Gasteiger charge is -2.37. The predicted octanol–water partition coefficient (Wildman–Crippen LogP) is 1.75. The van der Waals surface area contributed by atoms with Crippen molar-refractivity contribution < 1.29 is 19.2 Å². The van der Waals surface area contributed by atoms with Crippen molar-refractivity contribution in [1.82, 2.24) is 4.98 Å². The average Bonchev–Trinajstić information content (AvgIpc) is 3.01. The Bertz CT molecular complexity index is 828. The fraction of sp³-hybridized carbons (Fsp3) is 0.188. The highest BCUT2D eigenvalue weighted by Gasteiger charge is 2.58. The number of aromatic nitrogens is 1. The number of fused-ring (bicyclic) bond motifs is 1. The summed E-state index contributed by atoms with van der Waals surface area (Å²) < 4.78 is 0. The lowest BCUT2D eigenvalue weighted by Crippen LogP contribution is -2.61. The monoisotopic (exact) mass is 328 g/mol. The number of carbonyl (C=O) groups excluding carboxylic acids is 4. The number of nitrogens with zero attached hydrogens (tertiary/aromatic N) is 2. The molecule has 0 atom stereocenters. The van der Waals surface area contributed by atoms with Crippen LogP contribution in [0.1, 0.15) is 29.8 Å². The van der Waals surface area contributed by atoms with Crippen molar-refractivity contribution in [3.05, 3.63) is 47.0 Å². The molecular weight excluding hydrogens is 316 g/mol. The summed E-state index contributed by atoms with van der Waals surface area (Å²) in [6.45, 7) is 2.37. The molecule has 3 rings (SSSR count). The second kappa shape index (κ2) is 5.20. The third-order valence-corrected chi connectivity index (χ3v) is 4.71. The molecule has 0 radical (unpaired) electrons. The maximum Gasteiger partial charge on any atom is 0.267 e. The van der Waals surface area contributed by atoms with Crippen LogP contribution in [0.15, 0.2) is 35.8 Å². The Morgan fingerprint density at radius 1 is 1.13 bits per heavy atom. The average molecular weight is 328 g/mol. The van der Waals surface area contributed by atoms with Crippen LogP contribution in [0.3, 0.4) is 0 Å². The molecule has 6 nitrogen and oxygen atoms in total. The van der Waals surface area contributed by atoms with E-state index >= 15 is 0 Å². The van der Waals surface area contributed by atoms with E-state index in [9.17, 15) is 19.2 Å². The van der Waals surface area contributed by atoms with E-state index in [0.717, 1.165) is 16.2 Å². The fourth-order valence-electron chi connectivity index (χ4n) is 2.92. The minimum absolute atomic E-state index is 0.140. The summed E-state index contributed by atoms with van der Waals surface area (Å²) in [6, 6.07) is 6.20. The number of thiazole rings is 1. The van der Waals surface area contributed by atoms with Gasteiger partial charge in [-0.3, -0.25) is 19.2 Å². The molecule has 7 heteroatoms. The van der Waals surface area contributed by atoms with Crippen molar-refractivity contribution in [1.29, 1.82) is 0 Å². The Labute approximate surface area is 135 Å². The van der Waals surface area contributed by atoms with E-state index in [1.807, 2.05) is 0 Å². The van der Waals surface area contributed by atoms with Crippen LogP contribution < -0.4 is 4.90 Å². The second-order valence-electron chi connectivity index (χ2n) is 5.17. The number of benzene rings is 1. The van der Waals surface area contributed by atoms with Crippen molar-refractivity contribution in [2.45, 2.75) is 19.3 Å². The molecule has 1 aliphatic heterocycles. The van der Waals surface area contributed by atoms with Gasteiger partial charge in [0, 0.05) is 17.1 Å². The molecule has 23 heavy (non-hydrogen) atoms. The highest BCUT2D eigenvalue weighted by molar-refractivity contribution is 7.14. The van der Waals surface area contributed by atoms with Gasteiger partial charge in [-0.2, -0.15) is 0 Å². The number of amides is 2. The summed E-state index contributed by atoms with van der Waals surface area (Å²) in [5.41, 5.74) is -1.70. The molecule has 0 bridgehead atoms. The van der Waals surface area contributed by atoms with Crippen LogP contribution in [0.5, 0.6) is 0 Å². The molecule has 0 unspecified atom stereocenters.